The number of rotatable bonds is 9. The van der Waals surface area contributed by atoms with Crippen molar-refractivity contribution in [1.82, 2.24) is 4.98 Å². The average molecular weight is 449 g/mol. The van der Waals surface area contributed by atoms with Gasteiger partial charge in [-0.3, -0.25) is 4.98 Å². The number of nitrogens with two attached hydrogens (primary N) is 2. The summed E-state index contributed by atoms with van der Waals surface area (Å²) in [5, 5.41) is 9.26. The number of benzene rings is 1. The van der Waals surface area contributed by atoms with Crippen molar-refractivity contribution in [3.05, 3.63) is 54.2 Å². The van der Waals surface area contributed by atoms with E-state index in [4.69, 9.17) is 26.0 Å². The van der Waals surface area contributed by atoms with Crippen molar-refractivity contribution in [1.29, 1.82) is 0 Å². The normalized spacial score (nSPS) is 13.3. The maximum Gasteiger partial charge on any atom is 0.534 e. The molecule has 2 rings (SSSR count). The van der Waals surface area contributed by atoms with Crippen molar-refractivity contribution >= 4 is 21.0 Å². The van der Waals surface area contributed by atoms with Crippen LogP contribution in [0.25, 0.3) is 10.9 Å². The van der Waals surface area contributed by atoms with Gasteiger partial charge in [-0.25, -0.2) is 0 Å². The first-order chi connectivity index (χ1) is 14.1. The fourth-order valence-corrected chi connectivity index (χ4v) is 2.54. The molecule has 0 aliphatic carbocycles. The van der Waals surface area contributed by atoms with Crippen molar-refractivity contribution in [2.75, 3.05) is 19.8 Å². The Bertz CT molecular complexity index is 1050. The highest BCUT2D eigenvalue weighted by Crippen LogP contribution is 2.29. The molecule has 0 radical (unpaired) electrons. The summed E-state index contributed by atoms with van der Waals surface area (Å²) in [6.45, 7) is -0.229. The molecule has 164 valence electrons. The van der Waals surface area contributed by atoms with Gasteiger partial charge in [-0.1, -0.05) is 0 Å². The van der Waals surface area contributed by atoms with E-state index in [9.17, 15) is 21.6 Å². The quantitative estimate of drug-likeness (QED) is 0.170. The van der Waals surface area contributed by atoms with E-state index in [1.165, 1.54) is 30.6 Å². The number of ether oxygens (including phenoxy) is 2. The zero-order valence-electron chi connectivity index (χ0n) is 15.3. The third kappa shape index (κ3) is 6.15. The standard InChI is InChI=1S/C17H18F3N3O6S/c18-17(19,20)30(25,26)29-13-1-2-15-12(6-13)7-14(9-23-15)27-3-4-28-16(22)5-11(8-21)10-24/h1-2,5-9,24H,3-4,10,21-22H2/b11-8+,16-5+. The van der Waals surface area contributed by atoms with Crippen molar-refractivity contribution in [2.45, 2.75) is 5.51 Å². The fraction of sp³-hybridized carbons (Fsp3) is 0.235. The summed E-state index contributed by atoms with van der Waals surface area (Å²) in [7, 11) is -5.78. The fourth-order valence-electron chi connectivity index (χ4n) is 2.08. The molecule has 2 aromatic rings. The lowest BCUT2D eigenvalue weighted by Crippen LogP contribution is -2.28. The van der Waals surface area contributed by atoms with E-state index in [2.05, 4.69) is 9.17 Å². The number of aromatic nitrogens is 1. The van der Waals surface area contributed by atoms with Crippen LogP contribution in [-0.4, -0.2) is 43.8 Å². The highest BCUT2D eigenvalue weighted by atomic mass is 32.2. The Morgan fingerprint density at radius 3 is 2.53 bits per heavy atom. The largest absolute Gasteiger partial charge is 0.534 e. The van der Waals surface area contributed by atoms with Crippen LogP contribution in [0.2, 0.25) is 0 Å². The maximum absolute atomic E-state index is 12.4. The van der Waals surface area contributed by atoms with E-state index in [1.54, 1.807) is 0 Å². The molecule has 5 N–H and O–H groups in total. The molecule has 0 aliphatic heterocycles. The molecule has 0 spiro atoms. The van der Waals surface area contributed by atoms with Gasteiger partial charge in [0, 0.05) is 11.5 Å². The Balaban J connectivity index is 2.02. The average Bonchev–Trinajstić information content (AvgIpc) is 2.68. The Morgan fingerprint density at radius 1 is 1.20 bits per heavy atom. The Labute approximate surface area is 169 Å². The molecule has 0 saturated heterocycles. The van der Waals surface area contributed by atoms with Crippen LogP contribution < -0.4 is 20.4 Å². The summed E-state index contributed by atoms with van der Waals surface area (Å²) in [5.74, 6) is -0.260. The maximum atomic E-state index is 12.4. The highest BCUT2D eigenvalue weighted by molar-refractivity contribution is 7.88. The van der Waals surface area contributed by atoms with Crippen LogP contribution in [0.5, 0.6) is 11.5 Å². The smallest absolute Gasteiger partial charge is 0.488 e. The van der Waals surface area contributed by atoms with Crippen LogP contribution in [0.4, 0.5) is 13.2 Å². The van der Waals surface area contributed by atoms with Gasteiger partial charge in [0.2, 0.25) is 0 Å². The lowest BCUT2D eigenvalue weighted by atomic mass is 10.2. The van der Waals surface area contributed by atoms with Gasteiger partial charge < -0.3 is 30.2 Å². The summed E-state index contributed by atoms with van der Waals surface area (Å²) in [5.41, 5.74) is 6.06. The van der Waals surface area contributed by atoms with Gasteiger partial charge in [0.15, 0.2) is 5.88 Å². The molecule has 13 heteroatoms. The second kappa shape index (κ2) is 9.54. The molecule has 9 nitrogen and oxygen atoms in total. The molecule has 0 fully saturated rings. The molecular weight excluding hydrogens is 431 g/mol. The molecule has 30 heavy (non-hydrogen) atoms. The summed E-state index contributed by atoms with van der Waals surface area (Å²) < 4.78 is 74.3. The number of alkyl halides is 3. The minimum atomic E-state index is -5.78. The van der Waals surface area contributed by atoms with Crippen LogP contribution in [-0.2, 0) is 14.9 Å². The Hall–Kier alpha value is -3.19. The second-order valence-electron chi connectivity index (χ2n) is 5.65. The number of halogens is 3. The number of nitrogens with zero attached hydrogens (tertiary/aromatic N) is 1. The molecular formula is C17H18F3N3O6S. The van der Waals surface area contributed by atoms with Crippen molar-refractivity contribution in [3.8, 4) is 11.5 Å². The third-order valence-corrected chi connectivity index (χ3v) is 4.44. The first kappa shape index (κ1) is 23.1. The summed E-state index contributed by atoms with van der Waals surface area (Å²) in [4.78, 5) is 4.06. The van der Waals surface area contributed by atoms with Crippen LogP contribution in [0.15, 0.2) is 54.2 Å². The summed E-state index contributed by atoms with van der Waals surface area (Å²) in [6.07, 6.45) is 3.88. The molecule has 0 unspecified atom stereocenters. The van der Waals surface area contributed by atoms with Crippen molar-refractivity contribution < 1.29 is 40.4 Å². The molecule has 1 aromatic heterocycles. The predicted molar refractivity (Wildman–Crippen MR) is 100 cm³/mol. The number of hydrogen-bond donors (Lipinski definition) is 3. The van der Waals surface area contributed by atoms with E-state index in [0.717, 1.165) is 12.1 Å². The minimum Gasteiger partial charge on any atom is -0.488 e. The lowest BCUT2D eigenvalue weighted by molar-refractivity contribution is -0.0500. The zero-order chi connectivity index (χ0) is 22.4. The van der Waals surface area contributed by atoms with Crippen LogP contribution in [0.3, 0.4) is 0 Å². The first-order valence-electron chi connectivity index (χ1n) is 8.20. The Kier molecular flexibility index (Phi) is 7.34. The van der Waals surface area contributed by atoms with Gasteiger partial charge in [-0.05, 0) is 36.0 Å². The van der Waals surface area contributed by atoms with Crippen LogP contribution in [0.1, 0.15) is 0 Å². The van der Waals surface area contributed by atoms with Gasteiger partial charge in [0.05, 0.1) is 18.3 Å². The van der Waals surface area contributed by atoms with Gasteiger partial charge in [0.1, 0.15) is 24.7 Å². The second-order valence-corrected chi connectivity index (χ2v) is 7.19. The third-order valence-electron chi connectivity index (χ3n) is 3.46. The van der Waals surface area contributed by atoms with E-state index in [0.29, 0.717) is 16.5 Å². The van der Waals surface area contributed by atoms with E-state index in [-0.39, 0.29) is 31.5 Å². The van der Waals surface area contributed by atoms with Gasteiger partial charge in [0.25, 0.3) is 0 Å². The number of aliphatic hydroxyl groups is 1. The number of hydrogen-bond acceptors (Lipinski definition) is 9. The number of aliphatic hydroxyl groups excluding tert-OH is 1. The monoisotopic (exact) mass is 449 g/mol. The molecule has 0 aliphatic rings. The molecule has 0 saturated carbocycles. The number of pyridine rings is 1. The molecule has 1 aromatic carbocycles. The first-order valence-corrected chi connectivity index (χ1v) is 9.61. The predicted octanol–water partition coefficient (Wildman–Crippen LogP) is 1.49. The topological polar surface area (TPSA) is 147 Å². The molecule has 0 atom stereocenters. The van der Waals surface area contributed by atoms with Crippen LogP contribution >= 0.6 is 0 Å². The molecule has 1 heterocycles. The number of fused-ring (bicyclic) bond motifs is 1. The van der Waals surface area contributed by atoms with Crippen LogP contribution in [0, 0.1) is 0 Å². The minimum absolute atomic E-state index is 0.00801. The van der Waals surface area contributed by atoms with Gasteiger partial charge in [-0.2, -0.15) is 21.6 Å². The molecule has 0 bridgehead atoms. The van der Waals surface area contributed by atoms with Gasteiger partial charge >= 0.3 is 15.6 Å². The van der Waals surface area contributed by atoms with Gasteiger partial charge in [-0.15, -0.1) is 0 Å². The van der Waals surface area contributed by atoms with E-state index >= 15 is 0 Å². The zero-order valence-corrected chi connectivity index (χ0v) is 16.1. The lowest BCUT2D eigenvalue weighted by Gasteiger charge is -2.11. The van der Waals surface area contributed by atoms with Crippen molar-refractivity contribution in [3.63, 3.8) is 0 Å². The van der Waals surface area contributed by atoms with E-state index in [1.807, 2.05) is 0 Å². The van der Waals surface area contributed by atoms with Crippen molar-refractivity contribution in [2.24, 2.45) is 11.5 Å². The molecule has 0 amide bonds. The van der Waals surface area contributed by atoms with E-state index < -0.39 is 21.4 Å². The highest BCUT2D eigenvalue weighted by Gasteiger charge is 2.48. The SMILES string of the molecule is N/C=C(\C=C(/N)OCCOc1cnc2ccc(OS(=O)(=O)C(F)(F)F)cc2c1)CO. The summed E-state index contributed by atoms with van der Waals surface area (Å²) >= 11 is 0. The Morgan fingerprint density at radius 2 is 1.90 bits per heavy atom. The summed E-state index contributed by atoms with van der Waals surface area (Å²) in [6, 6.07) is 4.89.